The van der Waals surface area contributed by atoms with Gasteiger partial charge in [0.2, 0.25) is 5.91 Å². The molecular weight excluding hydrogens is 875 g/mol. The molecule has 67 heavy (non-hydrogen) atoms. The van der Waals surface area contributed by atoms with Crippen molar-refractivity contribution < 1.29 is 44.1 Å². The third-order valence-corrected chi connectivity index (χ3v) is 12.7. The molecule has 1 saturated heterocycles. The predicted octanol–water partition coefficient (Wildman–Crippen LogP) is 4.77. The van der Waals surface area contributed by atoms with E-state index in [1.54, 1.807) is 0 Å². The zero-order valence-electron chi connectivity index (χ0n) is 40.1. The van der Waals surface area contributed by atoms with Gasteiger partial charge in [0.15, 0.2) is 0 Å². The van der Waals surface area contributed by atoms with Gasteiger partial charge in [0.25, 0.3) is 0 Å². The first-order valence-corrected chi connectivity index (χ1v) is 24.5. The molecule has 3 rings (SSSR count). The van der Waals surface area contributed by atoms with Crippen LogP contribution in [-0.4, -0.2) is 174 Å². The molecule has 1 aliphatic heterocycles. The Bertz CT molecular complexity index is 1840. The van der Waals surface area contributed by atoms with Gasteiger partial charge in [-0.3, -0.25) is 24.1 Å². The summed E-state index contributed by atoms with van der Waals surface area (Å²) in [5.74, 6) is -4.26. The molecule has 372 valence electrons. The number of likely N-dealkylation sites (N-methyl/N-ethyl adjacent to an activating group) is 3. The molecule has 1 fully saturated rings. The summed E-state index contributed by atoms with van der Waals surface area (Å²) in [5.41, 5.74) is 3.26. The number of carbonyl (C=O) groups is 6. The number of carboxylic acids is 3. The van der Waals surface area contributed by atoms with Crippen LogP contribution < -0.4 is 16.0 Å². The average Bonchev–Trinajstić information content (AvgIpc) is 3.28. The molecule has 3 amide bonds. The molecule has 0 bridgehead atoms. The lowest BCUT2D eigenvalue weighted by molar-refractivity contribution is -0.140. The molecule has 1 heterocycles. The highest BCUT2D eigenvalue weighted by atomic mass is 32.1. The Balaban J connectivity index is 1.40. The molecule has 17 heteroatoms. The minimum absolute atomic E-state index is 0.0202. The monoisotopic (exact) mass is 952 g/mol. The second-order valence-electron chi connectivity index (χ2n) is 18.0. The number of amides is 3. The summed E-state index contributed by atoms with van der Waals surface area (Å²) in [7, 11) is 4.29. The molecule has 1 aliphatic rings. The number of benzene rings is 2. The number of ketones is 1. The standard InChI is InChI=1S/C50H77N7O9S/c1-4-56-29-28-54(2)26-27-55(3)36-42(57(31-30-56)37-47(61)62)33-39-18-20-40(21-19-39)34-44(67)16-11-6-5-7-12-24-51-48(63)41(32-38-14-9-8-10-15-38)35-43(58)22-23-45(49(64)65)53-50(66)52-25-13-17-46(59)60/h8-10,14-15,18-21,41-42,45H,4-7,11-13,16-17,22-37H2,1-3H3,(H,51,63)(H,59,60)(H,61,62)(H,64,65)(H2,52,53,66)/t41-,42?,45+/m1/s1. The van der Waals surface area contributed by atoms with E-state index >= 15 is 0 Å². The van der Waals surface area contributed by atoms with Crippen LogP contribution >= 0.6 is 12.2 Å². The summed E-state index contributed by atoms with van der Waals surface area (Å²) in [6, 6.07) is 16.0. The van der Waals surface area contributed by atoms with Crippen LogP contribution in [0.5, 0.6) is 0 Å². The largest absolute Gasteiger partial charge is 0.481 e. The van der Waals surface area contributed by atoms with E-state index in [-0.39, 0.29) is 62.9 Å². The van der Waals surface area contributed by atoms with Crippen LogP contribution in [0, 0.1) is 5.92 Å². The summed E-state index contributed by atoms with van der Waals surface area (Å²) in [4.78, 5) is 83.3. The van der Waals surface area contributed by atoms with Gasteiger partial charge in [-0.2, -0.15) is 0 Å². The summed E-state index contributed by atoms with van der Waals surface area (Å²) >= 11 is 5.79. The van der Waals surface area contributed by atoms with Crippen LogP contribution in [0.25, 0.3) is 0 Å². The fraction of sp³-hybridized carbons (Fsp3) is 0.620. The predicted molar refractivity (Wildman–Crippen MR) is 265 cm³/mol. The Morgan fingerprint density at radius 1 is 0.701 bits per heavy atom. The number of unbranched alkanes of at least 4 members (excludes halogenated alkanes) is 4. The summed E-state index contributed by atoms with van der Waals surface area (Å²) in [6.45, 7) is 9.84. The van der Waals surface area contributed by atoms with E-state index in [0.29, 0.717) is 19.5 Å². The summed E-state index contributed by atoms with van der Waals surface area (Å²) in [6.07, 6.45) is 7.13. The van der Waals surface area contributed by atoms with Crippen LogP contribution in [0.2, 0.25) is 0 Å². The van der Waals surface area contributed by atoms with Gasteiger partial charge in [0.05, 0.1) is 6.54 Å². The molecule has 0 aromatic heterocycles. The molecule has 2 aromatic carbocycles. The van der Waals surface area contributed by atoms with Crippen LogP contribution in [0.15, 0.2) is 54.6 Å². The fourth-order valence-electron chi connectivity index (χ4n) is 8.25. The van der Waals surface area contributed by atoms with Crippen LogP contribution in [0.3, 0.4) is 0 Å². The number of thiocarbonyl (C=S) groups is 1. The van der Waals surface area contributed by atoms with E-state index in [9.17, 15) is 39.0 Å². The van der Waals surface area contributed by atoms with Crippen LogP contribution in [0.1, 0.15) is 94.2 Å². The lowest BCUT2D eigenvalue weighted by Crippen LogP contribution is -2.51. The highest BCUT2D eigenvalue weighted by molar-refractivity contribution is 7.80. The first-order valence-electron chi connectivity index (χ1n) is 24.1. The van der Waals surface area contributed by atoms with Gasteiger partial charge < -0.3 is 46.0 Å². The van der Waals surface area contributed by atoms with Crippen molar-refractivity contribution in [3.63, 3.8) is 0 Å². The van der Waals surface area contributed by atoms with E-state index in [0.717, 1.165) is 108 Å². The maximum Gasteiger partial charge on any atom is 0.326 e. The van der Waals surface area contributed by atoms with E-state index < -0.39 is 35.9 Å². The number of hydrogen-bond acceptors (Lipinski definition) is 11. The number of carbonyl (C=O) groups excluding carboxylic acids is 3. The zero-order valence-corrected chi connectivity index (χ0v) is 40.9. The SMILES string of the molecule is CCN1CCN(C)CCN(C)CC(Cc2ccc(CC(=S)CCCCCCCNC(=O)[C@@H](CC(=O)CC[C@H](NC(=O)NCCCC(=O)O)C(=O)O)Cc3ccccc3)cc2)N(CC(=O)O)CC1. The van der Waals surface area contributed by atoms with Crippen molar-refractivity contribution in [1.29, 1.82) is 0 Å². The number of urea groups is 1. The lowest BCUT2D eigenvalue weighted by Gasteiger charge is -2.36. The molecule has 0 spiro atoms. The van der Waals surface area contributed by atoms with Gasteiger partial charge in [-0.05, 0) is 87.1 Å². The van der Waals surface area contributed by atoms with Gasteiger partial charge >= 0.3 is 23.9 Å². The molecular formula is C50H77N7O9S. The summed E-state index contributed by atoms with van der Waals surface area (Å²) < 4.78 is 0. The third kappa shape index (κ3) is 24.7. The van der Waals surface area contributed by atoms with Crippen molar-refractivity contribution in [3.8, 4) is 0 Å². The molecule has 3 atom stereocenters. The minimum Gasteiger partial charge on any atom is -0.481 e. The minimum atomic E-state index is -1.32. The van der Waals surface area contributed by atoms with Crippen molar-refractivity contribution in [2.24, 2.45) is 5.92 Å². The fourth-order valence-corrected chi connectivity index (χ4v) is 8.56. The van der Waals surface area contributed by atoms with Crippen molar-refractivity contribution in [3.05, 3.63) is 71.3 Å². The zero-order chi connectivity index (χ0) is 49.0. The first-order chi connectivity index (χ1) is 32.1. The van der Waals surface area contributed by atoms with Crippen molar-refractivity contribution in [1.82, 2.24) is 35.6 Å². The van der Waals surface area contributed by atoms with Gasteiger partial charge in [-0.15, -0.1) is 0 Å². The third-order valence-electron chi connectivity index (χ3n) is 12.4. The van der Waals surface area contributed by atoms with Gasteiger partial charge in [0.1, 0.15) is 11.8 Å². The van der Waals surface area contributed by atoms with E-state index in [1.165, 1.54) is 11.1 Å². The average molecular weight is 952 g/mol. The van der Waals surface area contributed by atoms with Gasteiger partial charge in [-0.25, -0.2) is 9.59 Å². The molecule has 0 saturated carbocycles. The van der Waals surface area contributed by atoms with Gasteiger partial charge in [-0.1, -0.05) is 93.0 Å². The highest BCUT2D eigenvalue weighted by Gasteiger charge is 2.27. The molecule has 0 aliphatic carbocycles. The topological polar surface area (TPSA) is 212 Å². The highest BCUT2D eigenvalue weighted by Crippen LogP contribution is 2.18. The van der Waals surface area contributed by atoms with Crippen LogP contribution in [0.4, 0.5) is 4.79 Å². The summed E-state index contributed by atoms with van der Waals surface area (Å²) in [5, 5.41) is 35.9. The Morgan fingerprint density at radius 2 is 1.34 bits per heavy atom. The normalized spacial score (nSPS) is 16.7. The van der Waals surface area contributed by atoms with E-state index in [1.807, 2.05) is 30.3 Å². The van der Waals surface area contributed by atoms with Crippen molar-refractivity contribution in [2.45, 2.75) is 109 Å². The first kappa shape index (κ1) is 56.5. The smallest absolute Gasteiger partial charge is 0.326 e. The Hall–Kier alpha value is -4.81. The molecule has 0 radical (unpaired) electrons. The van der Waals surface area contributed by atoms with Crippen molar-refractivity contribution >= 4 is 52.7 Å². The second kappa shape index (κ2) is 32.0. The lowest BCUT2D eigenvalue weighted by atomic mass is 9.91. The maximum atomic E-state index is 13.4. The molecule has 16 nitrogen and oxygen atoms in total. The Labute approximate surface area is 403 Å². The quantitative estimate of drug-likeness (QED) is 0.0480. The van der Waals surface area contributed by atoms with E-state index in [4.69, 9.17) is 17.3 Å². The maximum absolute atomic E-state index is 13.4. The number of hydrogen-bond donors (Lipinski definition) is 6. The number of nitrogens with one attached hydrogen (secondary N) is 3. The number of nitrogens with zero attached hydrogens (tertiary/aromatic N) is 4. The number of aliphatic carboxylic acids is 3. The van der Waals surface area contributed by atoms with E-state index in [2.05, 4.69) is 80.8 Å². The number of carboxylic acid groups (broad SMARTS) is 3. The molecule has 6 N–H and O–H groups in total. The van der Waals surface area contributed by atoms with Crippen LogP contribution in [-0.2, 0) is 43.2 Å². The second-order valence-corrected chi connectivity index (χ2v) is 18.6. The molecule has 2 aromatic rings. The Kier molecular flexibility index (Phi) is 27.0. The van der Waals surface area contributed by atoms with Crippen molar-refractivity contribution in [2.75, 3.05) is 86.1 Å². The number of rotatable bonds is 29. The van der Waals surface area contributed by atoms with Gasteiger partial charge in [0, 0.05) is 96.5 Å². The number of Topliss-reactive ketones (excluding diaryl/α,β-unsaturated/α-hetero) is 1. The molecule has 1 unspecified atom stereocenters. The Morgan fingerprint density at radius 3 is 2.03 bits per heavy atom.